The van der Waals surface area contributed by atoms with Crippen molar-refractivity contribution in [3.05, 3.63) is 99.5 Å². The first-order valence-corrected chi connectivity index (χ1v) is 12.8. The van der Waals surface area contributed by atoms with Gasteiger partial charge in [0.05, 0.1) is 23.9 Å². The van der Waals surface area contributed by atoms with E-state index in [1.165, 1.54) is 4.90 Å². The summed E-state index contributed by atoms with van der Waals surface area (Å²) in [5.41, 5.74) is 2.80. The molecule has 1 atom stereocenters. The van der Waals surface area contributed by atoms with Gasteiger partial charge in [0.25, 0.3) is 11.7 Å². The second-order valence-corrected chi connectivity index (χ2v) is 10.8. The summed E-state index contributed by atoms with van der Waals surface area (Å²) >= 11 is 3.40. The monoisotopic (exact) mass is 547 g/mol. The average molecular weight is 548 g/mol. The van der Waals surface area contributed by atoms with Gasteiger partial charge in [0.2, 0.25) is 0 Å². The molecule has 1 heterocycles. The molecule has 0 radical (unpaired) electrons. The summed E-state index contributed by atoms with van der Waals surface area (Å²) in [7, 11) is 0. The molecule has 0 spiro atoms. The molecule has 36 heavy (non-hydrogen) atoms. The Kier molecular flexibility index (Phi) is 7.36. The summed E-state index contributed by atoms with van der Waals surface area (Å²) in [6, 6.07) is 21.3. The molecule has 186 valence electrons. The van der Waals surface area contributed by atoms with Gasteiger partial charge >= 0.3 is 0 Å². The number of carbonyl (C=O) groups is 2. The van der Waals surface area contributed by atoms with Gasteiger partial charge < -0.3 is 9.84 Å². The zero-order valence-electron chi connectivity index (χ0n) is 20.9. The molecule has 1 N–H and O–H groups in total. The summed E-state index contributed by atoms with van der Waals surface area (Å²) in [4.78, 5) is 28.4. The van der Waals surface area contributed by atoms with E-state index in [0.29, 0.717) is 23.6 Å². The zero-order chi connectivity index (χ0) is 26.0. The van der Waals surface area contributed by atoms with Crippen LogP contribution in [0.2, 0.25) is 0 Å². The van der Waals surface area contributed by atoms with Crippen LogP contribution in [0.1, 0.15) is 56.8 Å². The van der Waals surface area contributed by atoms with E-state index in [1.54, 1.807) is 36.4 Å². The zero-order valence-corrected chi connectivity index (χ0v) is 22.5. The molecule has 6 heteroatoms. The van der Waals surface area contributed by atoms with Gasteiger partial charge in [0.1, 0.15) is 11.5 Å². The first-order valence-electron chi connectivity index (χ1n) is 12.0. The van der Waals surface area contributed by atoms with Crippen LogP contribution >= 0.6 is 15.9 Å². The van der Waals surface area contributed by atoms with Crippen molar-refractivity contribution in [1.82, 2.24) is 0 Å². The maximum absolute atomic E-state index is 13.5. The van der Waals surface area contributed by atoms with Crippen LogP contribution in [0.25, 0.3) is 5.76 Å². The lowest BCUT2D eigenvalue weighted by Crippen LogP contribution is -2.30. The Hall–Kier alpha value is -3.38. The molecule has 3 aromatic carbocycles. The second-order valence-electron chi connectivity index (χ2n) is 9.86. The van der Waals surface area contributed by atoms with Crippen LogP contribution in [0.4, 0.5) is 5.69 Å². The van der Waals surface area contributed by atoms with E-state index in [9.17, 15) is 14.7 Å². The molecule has 3 aromatic rings. The predicted molar refractivity (Wildman–Crippen MR) is 146 cm³/mol. The highest BCUT2D eigenvalue weighted by Crippen LogP contribution is 2.45. The van der Waals surface area contributed by atoms with Crippen molar-refractivity contribution in [1.29, 1.82) is 0 Å². The summed E-state index contributed by atoms with van der Waals surface area (Å²) in [5, 5.41) is 11.3. The molecule has 0 bridgehead atoms. The SMILES string of the molecule is CCCOc1ccccc1N1C(=O)C(=O)/C(=C(\O)c2ccc(Br)cc2)C1c1ccc(C(C)(C)C)cc1. The number of Topliss-reactive ketones (excluding diaryl/α,β-unsaturated/α-hetero) is 1. The van der Waals surface area contributed by atoms with Gasteiger partial charge in [-0.2, -0.15) is 0 Å². The van der Waals surface area contributed by atoms with Gasteiger partial charge in [0, 0.05) is 10.0 Å². The van der Waals surface area contributed by atoms with Crippen LogP contribution in [0.5, 0.6) is 5.75 Å². The standard InChI is InChI=1S/C30H30BrNO4/c1-5-18-36-24-9-7-6-8-23(24)32-26(19-10-14-21(15-11-19)30(2,3)4)25(28(34)29(32)35)27(33)20-12-16-22(31)17-13-20/h6-17,26,33H,5,18H2,1-4H3/b27-25-. The Labute approximate surface area is 220 Å². The first-order chi connectivity index (χ1) is 17.1. The van der Waals surface area contributed by atoms with Crippen molar-refractivity contribution >= 4 is 39.1 Å². The Balaban J connectivity index is 1.93. The van der Waals surface area contributed by atoms with Crippen molar-refractivity contribution in [2.24, 2.45) is 0 Å². The lowest BCUT2D eigenvalue weighted by Gasteiger charge is -2.28. The highest BCUT2D eigenvalue weighted by molar-refractivity contribution is 9.10. The van der Waals surface area contributed by atoms with Gasteiger partial charge in [-0.05, 0) is 47.2 Å². The van der Waals surface area contributed by atoms with E-state index >= 15 is 0 Å². The molecule has 1 aliphatic rings. The van der Waals surface area contributed by atoms with E-state index in [4.69, 9.17) is 4.74 Å². The molecule has 0 aromatic heterocycles. The molecule has 1 amide bonds. The van der Waals surface area contributed by atoms with Gasteiger partial charge in [-0.1, -0.05) is 92.2 Å². The lowest BCUT2D eigenvalue weighted by molar-refractivity contribution is -0.132. The number of carbonyl (C=O) groups excluding carboxylic acids is 2. The largest absolute Gasteiger partial charge is 0.507 e. The Morgan fingerprint density at radius 3 is 2.22 bits per heavy atom. The number of hydrogen-bond acceptors (Lipinski definition) is 4. The van der Waals surface area contributed by atoms with Crippen molar-refractivity contribution in [2.45, 2.75) is 45.6 Å². The fourth-order valence-corrected chi connectivity index (χ4v) is 4.58. The van der Waals surface area contributed by atoms with E-state index in [2.05, 4.69) is 36.7 Å². The van der Waals surface area contributed by atoms with E-state index in [0.717, 1.165) is 22.0 Å². The molecular weight excluding hydrogens is 518 g/mol. The Morgan fingerprint density at radius 2 is 1.61 bits per heavy atom. The topological polar surface area (TPSA) is 66.8 Å². The quantitative estimate of drug-likeness (QED) is 0.202. The fourth-order valence-electron chi connectivity index (χ4n) is 4.32. The van der Waals surface area contributed by atoms with E-state index in [1.807, 2.05) is 43.3 Å². The number of nitrogens with zero attached hydrogens (tertiary/aromatic N) is 1. The minimum atomic E-state index is -0.811. The molecule has 1 saturated heterocycles. The van der Waals surface area contributed by atoms with Crippen molar-refractivity contribution < 1.29 is 19.4 Å². The summed E-state index contributed by atoms with van der Waals surface area (Å²) in [5.74, 6) is -1.13. The second kappa shape index (κ2) is 10.3. The van der Waals surface area contributed by atoms with Gasteiger partial charge in [-0.15, -0.1) is 0 Å². The van der Waals surface area contributed by atoms with Crippen molar-refractivity contribution in [3.63, 3.8) is 0 Å². The minimum Gasteiger partial charge on any atom is -0.507 e. The highest BCUT2D eigenvalue weighted by Gasteiger charge is 2.47. The molecule has 1 aliphatic heterocycles. The number of aliphatic hydroxyl groups excluding tert-OH is 1. The third-order valence-corrected chi connectivity index (χ3v) is 6.77. The normalized spacial score (nSPS) is 17.5. The number of ether oxygens (including phenoxy) is 1. The molecular formula is C30H30BrNO4. The fraction of sp³-hybridized carbons (Fsp3) is 0.267. The Bertz CT molecular complexity index is 1300. The van der Waals surface area contributed by atoms with Crippen LogP contribution < -0.4 is 9.64 Å². The highest BCUT2D eigenvalue weighted by atomic mass is 79.9. The number of halogens is 1. The number of ketones is 1. The van der Waals surface area contributed by atoms with Crippen LogP contribution in [0.15, 0.2) is 82.8 Å². The lowest BCUT2D eigenvalue weighted by atomic mass is 9.85. The van der Waals surface area contributed by atoms with Crippen molar-refractivity contribution in [3.8, 4) is 5.75 Å². The molecule has 1 unspecified atom stereocenters. The van der Waals surface area contributed by atoms with Gasteiger partial charge in [-0.3, -0.25) is 14.5 Å². The maximum atomic E-state index is 13.5. The molecule has 0 aliphatic carbocycles. The third-order valence-electron chi connectivity index (χ3n) is 6.24. The summed E-state index contributed by atoms with van der Waals surface area (Å²) < 4.78 is 6.78. The smallest absolute Gasteiger partial charge is 0.300 e. The number of hydrogen-bond donors (Lipinski definition) is 1. The first kappa shape index (κ1) is 25.7. The van der Waals surface area contributed by atoms with E-state index in [-0.39, 0.29) is 16.7 Å². The van der Waals surface area contributed by atoms with Crippen LogP contribution in [0, 0.1) is 0 Å². The number of benzene rings is 3. The number of amides is 1. The number of anilines is 1. The van der Waals surface area contributed by atoms with Crippen LogP contribution in [0.3, 0.4) is 0 Å². The molecule has 4 rings (SSSR count). The van der Waals surface area contributed by atoms with Crippen molar-refractivity contribution in [2.75, 3.05) is 11.5 Å². The van der Waals surface area contributed by atoms with Gasteiger partial charge in [0.15, 0.2) is 0 Å². The van der Waals surface area contributed by atoms with Crippen LogP contribution in [-0.4, -0.2) is 23.4 Å². The van der Waals surface area contributed by atoms with Crippen LogP contribution in [-0.2, 0) is 15.0 Å². The van der Waals surface area contributed by atoms with Gasteiger partial charge in [-0.25, -0.2) is 0 Å². The number of aliphatic hydroxyl groups is 1. The molecule has 0 saturated carbocycles. The van der Waals surface area contributed by atoms with E-state index < -0.39 is 17.7 Å². The number of rotatable bonds is 6. The minimum absolute atomic E-state index is 0.0520. The molecule has 5 nitrogen and oxygen atoms in total. The average Bonchev–Trinajstić information content (AvgIpc) is 3.12. The number of para-hydroxylation sites is 2. The summed E-state index contributed by atoms with van der Waals surface area (Å²) in [6.07, 6.45) is 0.800. The maximum Gasteiger partial charge on any atom is 0.300 e. The summed E-state index contributed by atoms with van der Waals surface area (Å²) in [6.45, 7) is 8.86. The predicted octanol–water partition coefficient (Wildman–Crippen LogP) is 7.16. The molecule has 1 fully saturated rings. The Morgan fingerprint density at radius 1 is 0.972 bits per heavy atom. The third kappa shape index (κ3) is 4.96.